The Morgan fingerprint density at radius 3 is 1.08 bits per heavy atom. The largest absolute Gasteiger partial charge is 0.137 e. The molecule has 0 heterocycles. The van der Waals surface area contributed by atoms with Gasteiger partial charge in [0.15, 0.2) is 0 Å². The van der Waals surface area contributed by atoms with Crippen molar-refractivity contribution < 1.29 is 0 Å². The Morgan fingerprint density at radius 1 is 0.500 bits per heavy atom. The van der Waals surface area contributed by atoms with Gasteiger partial charge in [-0.15, -0.1) is 18.5 Å². The lowest BCUT2D eigenvalue weighted by atomic mass is 10.0. The molecule has 0 aliphatic rings. The second kappa shape index (κ2) is 21.9. The first-order chi connectivity index (χ1) is 11.8. The minimum Gasteiger partial charge on any atom is -0.137 e. The van der Waals surface area contributed by atoms with Crippen molar-refractivity contribution in [1.82, 2.24) is 0 Å². The highest BCUT2D eigenvalue weighted by atomic mass is 31.0. The Labute approximate surface area is 159 Å². The van der Waals surface area contributed by atoms with Crippen molar-refractivity contribution >= 4 is 18.5 Å². The van der Waals surface area contributed by atoms with Gasteiger partial charge in [-0.2, -0.15) is 0 Å². The van der Waals surface area contributed by atoms with Gasteiger partial charge in [0.25, 0.3) is 0 Å². The predicted molar refractivity (Wildman–Crippen MR) is 121 cm³/mol. The highest BCUT2D eigenvalue weighted by Gasteiger charge is 1.98. The maximum atomic E-state index is 2.97. The Kier molecular flexibility index (Phi) is 22.7. The van der Waals surface area contributed by atoms with Gasteiger partial charge in [0, 0.05) is 0 Å². The SMILES string of the molecule is CCCCCCCCCCCCCCCCCCCCC(P)CP. The summed E-state index contributed by atoms with van der Waals surface area (Å²) in [7, 11) is 5.82. The summed E-state index contributed by atoms with van der Waals surface area (Å²) in [5, 5.41) is 0. The highest BCUT2D eigenvalue weighted by Crippen LogP contribution is 2.16. The average molecular weight is 375 g/mol. The molecular weight excluding hydrogens is 326 g/mol. The van der Waals surface area contributed by atoms with E-state index in [2.05, 4.69) is 25.4 Å². The van der Waals surface area contributed by atoms with Crippen molar-refractivity contribution in [2.24, 2.45) is 0 Å². The zero-order valence-electron chi connectivity index (χ0n) is 16.9. The van der Waals surface area contributed by atoms with Crippen LogP contribution in [-0.2, 0) is 0 Å². The fourth-order valence-electron chi connectivity index (χ4n) is 3.43. The van der Waals surface area contributed by atoms with E-state index in [1.807, 2.05) is 0 Å². The molecule has 0 amide bonds. The van der Waals surface area contributed by atoms with Crippen LogP contribution in [0.15, 0.2) is 0 Å². The van der Waals surface area contributed by atoms with Crippen molar-refractivity contribution in [1.29, 1.82) is 0 Å². The molecule has 0 saturated carbocycles. The van der Waals surface area contributed by atoms with E-state index in [0.717, 1.165) is 5.66 Å². The molecule has 0 N–H and O–H groups in total. The molecule has 24 heavy (non-hydrogen) atoms. The maximum Gasteiger partial charge on any atom is -0.0230 e. The molecule has 2 heteroatoms. The smallest absolute Gasteiger partial charge is 0.0230 e. The summed E-state index contributed by atoms with van der Waals surface area (Å²) in [6.07, 6.45) is 29.1. The minimum atomic E-state index is 0.830. The van der Waals surface area contributed by atoms with Crippen molar-refractivity contribution in [3.05, 3.63) is 0 Å². The third-order valence-corrected chi connectivity index (χ3v) is 6.99. The average Bonchev–Trinajstić information content (AvgIpc) is 2.60. The quantitative estimate of drug-likeness (QED) is 0.148. The van der Waals surface area contributed by atoms with Gasteiger partial charge in [-0.1, -0.05) is 122 Å². The van der Waals surface area contributed by atoms with Gasteiger partial charge in [0.05, 0.1) is 0 Å². The lowest BCUT2D eigenvalue weighted by Crippen LogP contribution is -1.97. The number of rotatable bonds is 20. The van der Waals surface area contributed by atoms with E-state index < -0.39 is 0 Å². The van der Waals surface area contributed by atoms with Gasteiger partial charge in [-0.25, -0.2) is 0 Å². The third kappa shape index (κ3) is 20.9. The molecule has 0 fully saturated rings. The normalized spacial score (nSPS) is 12.6. The van der Waals surface area contributed by atoms with E-state index in [4.69, 9.17) is 0 Å². The van der Waals surface area contributed by atoms with Crippen molar-refractivity contribution in [3.63, 3.8) is 0 Å². The molecule has 0 saturated heterocycles. The molecule has 0 radical (unpaired) electrons. The Hall–Kier alpha value is 0.860. The summed E-state index contributed by atoms with van der Waals surface area (Å²) in [6.45, 7) is 2.30. The van der Waals surface area contributed by atoms with Crippen molar-refractivity contribution in [3.8, 4) is 0 Å². The lowest BCUT2D eigenvalue weighted by Gasteiger charge is -2.07. The van der Waals surface area contributed by atoms with Crippen LogP contribution in [0.1, 0.15) is 129 Å². The van der Waals surface area contributed by atoms with E-state index in [1.54, 1.807) is 0 Å². The van der Waals surface area contributed by atoms with Gasteiger partial charge in [0.1, 0.15) is 0 Å². The van der Waals surface area contributed by atoms with Crippen LogP contribution in [0.5, 0.6) is 0 Å². The van der Waals surface area contributed by atoms with Crippen LogP contribution >= 0.6 is 18.5 Å². The second-order valence-electron chi connectivity index (χ2n) is 7.79. The molecule has 0 aliphatic heterocycles. The first kappa shape index (κ1) is 24.9. The van der Waals surface area contributed by atoms with Crippen LogP contribution in [-0.4, -0.2) is 11.8 Å². The monoisotopic (exact) mass is 374 g/mol. The molecule has 0 aromatic carbocycles. The summed E-state index contributed by atoms with van der Waals surface area (Å²) < 4.78 is 0. The van der Waals surface area contributed by atoms with E-state index in [9.17, 15) is 0 Å². The summed E-state index contributed by atoms with van der Waals surface area (Å²) in [5.74, 6) is 0. The summed E-state index contributed by atoms with van der Waals surface area (Å²) >= 11 is 0. The van der Waals surface area contributed by atoms with Crippen LogP contribution in [0, 0.1) is 0 Å². The van der Waals surface area contributed by atoms with Crippen LogP contribution in [0.2, 0.25) is 0 Å². The van der Waals surface area contributed by atoms with Gasteiger partial charge in [-0.05, 0) is 18.2 Å². The number of unbranched alkanes of at least 4 members (excludes halogenated alkanes) is 17. The zero-order chi connectivity index (χ0) is 17.7. The van der Waals surface area contributed by atoms with Gasteiger partial charge in [0.2, 0.25) is 0 Å². The first-order valence-corrected chi connectivity index (χ1v) is 12.7. The molecule has 146 valence electrons. The molecule has 0 aromatic heterocycles. The molecule has 0 aromatic rings. The molecule has 0 aliphatic carbocycles. The molecule has 3 atom stereocenters. The topological polar surface area (TPSA) is 0 Å². The third-order valence-electron chi connectivity index (χ3n) is 5.23. The van der Waals surface area contributed by atoms with E-state index in [0.29, 0.717) is 0 Å². The summed E-state index contributed by atoms with van der Waals surface area (Å²) in [4.78, 5) is 0. The van der Waals surface area contributed by atoms with Gasteiger partial charge < -0.3 is 0 Å². The molecule has 0 nitrogen and oxygen atoms in total. The second-order valence-corrected chi connectivity index (χ2v) is 9.21. The molecule has 3 unspecified atom stereocenters. The first-order valence-electron chi connectivity index (χ1n) is 11.3. The Balaban J connectivity index is 2.98. The predicted octanol–water partition coefficient (Wildman–Crippen LogP) is 8.54. The van der Waals surface area contributed by atoms with Crippen LogP contribution in [0.4, 0.5) is 0 Å². The number of hydrogen-bond donors (Lipinski definition) is 0. The minimum absolute atomic E-state index is 0.830. The molecule has 0 bridgehead atoms. The Bertz CT molecular complexity index is 218. The van der Waals surface area contributed by atoms with Gasteiger partial charge >= 0.3 is 0 Å². The van der Waals surface area contributed by atoms with Crippen molar-refractivity contribution in [2.45, 2.75) is 135 Å². The Morgan fingerprint density at radius 2 is 0.792 bits per heavy atom. The van der Waals surface area contributed by atoms with E-state index >= 15 is 0 Å². The lowest BCUT2D eigenvalue weighted by molar-refractivity contribution is 0.523. The highest BCUT2D eigenvalue weighted by molar-refractivity contribution is 7.22. The standard InChI is InChI=1S/C22H48P2/c1-2-3-4-5-6-7-8-9-10-11-12-13-14-15-16-17-18-19-20-22(24)21-23/h22H,2-21,23-24H2,1H3. The van der Waals surface area contributed by atoms with E-state index in [-0.39, 0.29) is 0 Å². The fourth-order valence-corrected chi connectivity index (χ4v) is 3.90. The van der Waals surface area contributed by atoms with E-state index in [1.165, 1.54) is 128 Å². The van der Waals surface area contributed by atoms with Crippen molar-refractivity contribution in [2.75, 3.05) is 6.16 Å². The fraction of sp³-hybridized carbons (Fsp3) is 1.00. The van der Waals surface area contributed by atoms with Crippen LogP contribution in [0.3, 0.4) is 0 Å². The number of hydrogen-bond acceptors (Lipinski definition) is 0. The molecule has 0 spiro atoms. The molecular formula is C22H48P2. The maximum absolute atomic E-state index is 2.97. The summed E-state index contributed by atoms with van der Waals surface area (Å²) in [5.41, 5.74) is 0.830. The van der Waals surface area contributed by atoms with Crippen LogP contribution < -0.4 is 0 Å². The van der Waals surface area contributed by atoms with Crippen LogP contribution in [0.25, 0.3) is 0 Å². The zero-order valence-corrected chi connectivity index (χ0v) is 19.2. The molecule has 0 rings (SSSR count). The van der Waals surface area contributed by atoms with Gasteiger partial charge in [-0.3, -0.25) is 0 Å². The summed E-state index contributed by atoms with van der Waals surface area (Å²) in [6, 6.07) is 0.